The molecule has 2 aromatic carbocycles. The number of anilines is 2. The molecule has 1 amide bonds. The van der Waals surface area contributed by atoms with Gasteiger partial charge in [-0.3, -0.25) is 4.79 Å². The lowest BCUT2D eigenvalue weighted by atomic mass is 10.1. The summed E-state index contributed by atoms with van der Waals surface area (Å²) in [6.07, 6.45) is 1.93. The standard InChI is InChI=1S/C22H17BrN4OS/c23-16-7-3-14(4-8-16)12-20(28)27-22-21(19-2-1-11-29-19)26-18(13-25-22)15-5-9-17(24)10-6-15/h1-11,13H,12,24H2,(H,25,27,28). The summed E-state index contributed by atoms with van der Waals surface area (Å²) in [6.45, 7) is 0. The van der Waals surface area contributed by atoms with E-state index in [2.05, 4.69) is 26.2 Å². The van der Waals surface area contributed by atoms with Crippen LogP contribution in [0.5, 0.6) is 0 Å². The second-order valence-corrected chi connectivity index (χ2v) is 8.27. The van der Waals surface area contributed by atoms with Gasteiger partial charge in [0.1, 0.15) is 5.69 Å². The van der Waals surface area contributed by atoms with E-state index in [0.29, 0.717) is 17.2 Å². The number of carbonyl (C=O) groups is 1. The van der Waals surface area contributed by atoms with E-state index in [1.165, 1.54) is 0 Å². The van der Waals surface area contributed by atoms with Gasteiger partial charge in [-0.15, -0.1) is 11.3 Å². The maximum Gasteiger partial charge on any atom is 0.230 e. The Morgan fingerprint density at radius 3 is 2.52 bits per heavy atom. The fourth-order valence-corrected chi connectivity index (χ4v) is 3.80. The average molecular weight is 465 g/mol. The Labute approximate surface area is 180 Å². The Hall–Kier alpha value is -3.03. The lowest BCUT2D eigenvalue weighted by Gasteiger charge is -2.11. The molecular weight excluding hydrogens is 448 g/mol. The van der Waals surface area contributed by atoms with Crippen molar-refractivity contribution < 1.29 is 4.79 Å². The number of amides is 1. The number of benzene rings is 2. The van der Waals surface area contributed by atoms with Crippen LogP contribution in [0.3, 0.4) is 0 Å². The van der Waals surface area contributed by atoms with E-state index in [4.69, 9.17) is 10.7 Å². The van der Waals surface area contributed by atoms with E-state index in [9.17, 15) is 4.79 Å². The van der Waals surface area contributed by atoms with Crippen LogP contribution in [-0.2, 0) is 11.2 Å². The van der Waals surface area contributed by atoms with Gasteiger partial charge in [-0.2, -0.15) is 0 Å². The molecule has 0 spiro atoms. The van der Waals surface area contributed by atoms with Gasteiger partial charge in [-0.1, -0.05) is 46.3 Å². The lowest BCUT2D eigenvalue weighted by Crippen LogP contribution is -2.16. The number of nitrogen functional groups attached to an aromatic ring is 1. The van der Waals surface area contributed by atoms with Crippen LogP contribution < -0.4 is 11.1 Å². The van der Waals surface area contributed by atoms with Gasteiger partial charge in [0, 0.05) is 15.7 Å². The molecule has 5 nitrogen and oxygen atoms in total. The highest BCUT2D eigenvalue weighted by atomic mass is 79.9. The van der Waals surface area contributed by atoms with E-state index >= 15 is 0 Å². The molecule has 0 atom stereocenters. The van der Waals surface area contributed by atoms with Crippen LogP contribution in [-0.4, -0.2) is 15.9 Å². The molecule has 29 heavy (non-hydrogen) atoms. The lowest BCUT2D eigenvalue weighted by molar-refractivity contribution is -0.115. The van der Waals surface area contributed by atoms with Gasteiger partial charge in [0.2, 0.25) is 5.91 Å². The molecule has 0 fully saturated rings. The van der Waals surface area contributed by atoms with Crippen LogP contribution >= 0.6 is 27.3 Å². The van der Waals surface area contributed by atoms with Crippen molar-refractivity contribution in [1.29, 1.82) is 0 Å². The number of carbonyl (C=O) groups excluding carboxylic acids is 1. The quantitative estimate of drug-likeness (QED) is 0.387. The Balaban J connectivity index is 1.62. The van der Waals surface area contributed by atoms with Gasteiger partial charge < -0.3 is 11.1 Å². The summed E-state index contributed by atoms with van der Waals surface area (Å²) >= 11 is 4.95. The minimum Gasteiger partial charge on any atom is -0.399 e. The summed E-state index contributed by atoms with van der Waals surface area (Å²) in [7, 11) is 0. The molecule has 0 aliphatic rings. The van der Waals surface area contributed by atoms with Crippen molar-refractivity contribution in [2.75, 3.05) is 11.1 Å². The topological polar surface area (TPSA) is 80.9 Å². The third-order valence-electron chi connectivity index (χ3n) is 4.27. The smallest absolute Gasteiger partial charge is 0.230 e. The fraction of sp³-hybridized carbons (Fsp3) is 0.0455. The highest BCUT2D eigenvalue weighted by Gasteiger charge is 2.15. The average Bonchev–Trinajstić information content (AvgIpc) is 3.25. The van der Waals surface area contributed by atoms with Crippen molar-refractivity contribution in [3.05, 3.63) is 82.3 Å². The normalized spacial score (nSPS) is 10.7. The molecule has 7 heteroatoms. The monoisotopic (exact) mass is 464 g/mol. The van der Waals surface area contributed by atoms with Gasteiger partial charge in [0.15, 0.2) is 5.82 Å². The van der Waals surface area contributed by atoms with E-state index in [-0.39, 0.29) is 12.3 Å². The molecule has 0 saturated heterocycles. The highest BCUT2D eigenvalue weighted by molar-refractivity contribution is 9.10. The molecule has 0 unspecified atom stereocenters. The fourth-order valence-electron chi connectivity index (χ4n) is 2.82. The zero-order valence-corrected chi connectivity index (χ0v) is 17.7. The number of thiophene rings is 1. The number of halogens is 1. The van der Waals surface area contributed by atoms with Gasteiger partial charge in [0.25, 0.3) is 0 Å². The van der Waals surface area contributed by atoms with Crippen molar-refractivity contribution in [1.82, 2.24) is 9.97 Å². The number of rotatable bonds is 5. The molecule has 4 aromatic rings. The summed E-state index contributed by atoms with van der Waals surface area (Å²) < 4.78 is 0.978. The molecule has 0 aliphatic carbocycles. The zero-order chi connectivity index (χ0) is 20.2. The molecule has 2 aromatic heterocycles. The third kappa shape index (κ3) is 4.70. The number of nitrogens with one attached hydrogen (secondary N) is 1. The first-order chi connectivity index (χ1) is 14.1. The first kappa shape index (κ1) is 19.3. The zero-order valence-electron chi connectivity index (χ0n) is 15.3. The Morgan fingerprint density at radius 1 is 1.07 bits per heavy atom. The Kier molecular flexibility index (Phi) is 5.69. The van der Waals surface area contributed by atoms with Crippen molar-refractivity contribution in [3.8, 4) is 21.8 Å². The van der Waals surface area contributed by atoms with Gasteiger partial charge in [-0.05, 0) is 41.3 Å². The summed E-state index contributed by atoms with van der Waals surface area (Å²) in [4.78, 5) is 22.8. The molecule has 4 rings (SSSR count). The second kappa shape index (κ2) is 8.55. The first-order valence-electron chi connectivity index (χ1n) is 8.89. The van der Waals surface area contributed by atoms with E-state index < -0.39 is 0 Å². The molecule has 0 aliphatic heterocycles. The summed E-state index contributed by atoms with van der Waals surface area (Å²) in [5.74, 6) is 0.313. The largest absolute Gasteiger partial charge is 0.399 e. The van der Waals surface area contributed by atoms with Gasteiger partial charge in [-0.25, -0.2) is 9.97 Å². The predicted molar refractivity (Wildman–Crippen MR) is 122 cm³/mol. The molecule has 0 bridgehead atoms. The van der Waals surface area contributed by atoms with Crippen LogP contribution in [0.4, 0.5) is 11.5 Å². The molecular formula is C22H17BrN4OS. The number of nitrogens with zero attached hydrogens (tertiary/aromatic N) is 2. The predicted octanol–water partition coefficient (Wildman–Crippen LogP) is 5.40. The number of hydrogen-bond acceptors (Lipinski definition) is 5. The van der Waals surface area contributed by atoms with Crippen LogP contribution in [0.15, 0.2) is 76.7 Å². The minimum atomic E-state index is -0.139. The van der Waals surface area contributed by atoms with Gasteiger partial charge >= 0.3 is 0 Å². The molecule has 0 saturated carbocycles. The van der Waals surface area contributed by atoms with E-state index in [1.54, 1.807) is 17.5 Å². The van der Waals surface area contributed by atoms with Crippen LogP contribution in [0.25, 0.3) is 21.8 Å². The summed E-state index contributed by atoms with van der Waals surface area (Å²) in [6, 6.07) is 19.1. The van der Waals surface area contributed by atoms with Gasteiger partial charge in [0.05, 0.1) is 23.2 Å². The van der Waals surface area contributed by atoms with Crippen LogP contribution in [0.1, 0.15) is 5.56 Å². The van der Waals surface area contributed by atoms with Crippen molar-refractivity contribution in [2.45, 2.75) is 6.42 Å². The molecule has 0 radical (unpaired) electrons. The molecule has 2 heterocycles. The Morgan fingerprint density at radius 2 is 1.83 bits per heavy atom. The number of hydrogen-bond donors (Lipinski definition) is 2. The van der Waals surface area contributed by atoms with E-state index in [0.717, 1.165) is 26.2 Å². The van der Waals surface area contributed by atoms with Crippen molar-refractivity contribution in [3.63, 3.8) is 0 Å². The second-order valence-electron chi connectivity index (χ2n) is 6.40. The third-order valence-corrected chi connectivity index (χ3v) is 5.67. The highest BCUT2D eigenvalue weighted by Crippen LogP contribution is 2.31. The van der Waals surface area contributed by atoms with Crippen molar-refractivity contribution >= 4 is 44.7 Å². The maximum absolute atomic E-state index is 12.6. The number of aromatic nitrogens is 2. The van der Waals surface area contributed by atoms with Crippen molar-refractivity contribution in [2.24, 2.45) is 0 Å². The SMILES string of the molecule is Nc1ccc(-c2cnc(NC(=O)Cc3ccc(Br)cc3)c(-c3cccs3)n2)cc1. The molecule has 144 valence electrons. The summed E-state index contributed by atoms with van der Waals surface area (Å²) in [5, 5.41) is 4.88. The van der Waals surface area contributed by atoms with E-state index in [1.807, 2.05) is 66.0 Å². The van der Waals surface area contributed by atoms with Crippen LogP contribution in [0.2, 0.25) is 0 Å². The van der Waals surface area contributed by atoms with Crippen LogP contribution in [0, 0.1) is 0 Å². The number of nitrogens with two attached hydrogens (primary N) is 1. The molecule has 3 N–H and O–H groups in total. The minimum absolute atomic E-state index is 0.139. The first-order valence-corrected chi connectivity index (χ1v) is 10.6. The Bertz CT molecular complexity index is 1130. The maximum atomic E-state index is 12.6. The summed E-state index contributed by atoms with van der Waals surface area (Å²) in [5.41, 5.74) is 9.68.